The van der Waals surface area contributed by atoms with Crippen LogP contribution in [0.1, 0.15) is 35.6 Å². The summed E-state index contributed by atoms with van der Waals surface area (Å²) in [5, 5.41) is 3.17. The van der Waals surface area contributed by atoms with Crippen LogP contribution < -0.4 is 5.32 Å². The van der Waals surface area contributed by atoms with Crippen molar-refractivity contribution in [2.75, 3.05) is 19.7 Å². The maximum absolute atomic E-state index is 12.6. The van der Waals surface area contributed by atoms with E-state index < -0.39 is 0 Å². The lowest BCUT2D eigenvalue weighted by atomic mass is 10.0. The Morgan fingerprint density at radius 2 is 1.35 bits per heavy atom. The van der Waals surface area contributed by atoms with Crippen LogP contribution in [0.3, 0.4) is 0 Å². The van der Waals surface area contributed by atoms with Gasteiger partial charge in [0.1, 0.15) is 12.7 Å². The maximum Gasteiger partial charge on any atom is 0.246 e. The highest BCUT2D eigenvalue weighted by Crippen LogP contribution is 2.25. The molecule has 1 heterocycles. The quantitative estimate of drug-likeness (QED) is 0.587. The number of likely N-dealkylation sites (tertiary alicyclic amines) is 1. The molecule has 0 spiro atoms. The van der Waals surface area contributed by atoms with Crippen LogP contribution in [0, 0.1) is 0 Å². The number of piperidine rings is 1. The van der Waals surface area contributed by atoms with Crippen molar-refractivity contribution in [1.82, 2.24) is 10.2 Å². The number of rotatable bonds is 8. The van der Waals surface area contributed by atoms with Crippen molar-refractivity contribution in [3.05, 3.63) is 108 Å². The van der Waals surface area contributed by atoms with Crippen molar-refractivity contribution >= 4 is 5.91 Å². The van der Waals surface area contributed by atoms with E-state index in [0.717, 1.165) is 43.6 Å². The normalized spacial score (nSPS) is 15.1. The van der Waals surface area contributed by atoms with Crippen LogP contribution in [-0.2, 0) is 16.1 Å². The number of nitrogens with one attached hydrogen (secondary N) is 1. The molecular weight excluding hydrogens is 384 g/mol. The molecular formula is C27H30N2O2. The molecule has 1 aliphatic heterocycles. The minimum absolute atomic E-state index is 0.0432. The molecule has 0 aromatic heterocycles. The Bertz CT molecular complexity index is 884. The highest BCUT2D eigenvalue weighted by molar-refractivity contribution is 5.77. The van der Waals surface area contributed by atoms with Crippen molar-refractivity contribution in [2.24, 2.45) is 0 Å². The largest absolute Gasteiger partial charge is 0.359 e. The summed E-state index contributed by atoms with van der Waals surface area (Å²) >= 11 is 0. The van der Waals surface area contributed by atoms with Crippen molar-refractivity contribution in [2.45, 2.75) is 31.5 Å². The minimum Gasteiger partial charge on any atom is -0.359 e. The lowest BCUT2D eigenvalue weighted by molar-refractivity contribution is -0.128. The van der Waals surface area contributed by atoms with E-state index >= 15 is 0 Å². The first-order valence-corrected chi connectivity index (χ1v) is 11.0. The second-order valence-electron chi connectivity index (χ2n) is 8.12. The van der Waals surface area contributed by atoms with Crippen LogP contribution in [0.2, 0.25) is 0 Å². The summed E-state index contributed by atoms with van der Waals surface area (Å²) in [6, 6.07) is 30.9. The Morgan fingerprint density at radius 3 is 1.90 bits per heavy atom. The summed E-state index contributed by atoms with van der Waals surface area (Å²) in [6.07, 6.45) is 1.69. The number of hydrogen-bond acceptors (Lipinski definition) is 3. The van der Waals surface area contributed by atoms with Gasteiger partial charge in [-0.15, -0.1) is 0 Å². The maximum atomic E-state index is 12.6. The van der Waals surface area contributed by atoms with Gasteiger partial charge in [0, 0.05) is 25.7 Å². The van der Waals surface area contributed by atoms with E-state index in [1.54, 1.807) is 0 Å². The second-order valence-corrected chi connectivity index (χ2v) is 8.12. The number of benzene rings is 3. The summed E-state index contributed by atoms with van der Waals surface area (Å²) in [7, 11) is 0. The van der Waals surface area contributed by atoms with Crippen LogP contribution in [0.25, 0.3) is 0 Å². The lowest BCUT2D eigenvalue weighted by Gasteiger charge is -2.32. The fraction of sp³-hybridized carbons (Fsp3) is 0.296. The molecule has 0 radical (unpaired) electrons. The molecule has 3 aromatic carbocycles. The molecule has 4 heteroatoms. The summed E-state index contributed by atoms with van der Waals surface area (Å²) in [6.45, 7) is 3.02. The zero-order chi connectivity index (χ0) is 21.3. The van der Waals surface area contributed by atoms with Gasteiger partial charge in [0.05, 0.1) is 0 Å². The molecule has 4 rings (SSSR count). The summed E-state index contributed by atoms with van der Waals surface area (Å²) in [5.41, 5.74) is 3.44. The van der Waals surface area contributed by atoms with Crippen LogP contribution in [0.15, 0.2) is 91.0 Å². The number of amides is 1. The van der Waals surface area contributed by atoms with E-state index in [2.05, 4.69) is 34.5 Å². The summed E-state index contributed by atoms with van der Waals surface area (Å²) in [4.78, 5) is 15.1. The second kappa shape index (κ2) is 10.9. The molecule has 0 atom stereocenters. The van der Waals surface area contributed by atoms with E-state index in [1.807, 2.05) is 66.7 Å². The van der Waals surface area contributed by atoms with Gasteiger partial charge < -0.3 is 10.1 Å². The van der Waals surface area contributed by atoms with E-state index in [9.17, 15) is 4.79 Å². The van der Waals surface area contributed by atoms with Crippen LogP contribution >= 0.6 is 0 Å². The number of carbonyl (C=O) groups is 1. The van der Waals surface area contributed by atoms with E-state index in [1.165, 1.54) is 5.56 Å². The summed E-state index contributed by atoms with van der Waals surface area (Å²) < 4.78 is 6.10. The van der Waals surface area contributed by atoms with Crippen molar-refractivity contribution < 1.29 is 9.53 Å². The van der Waals surface area contributed by atoms with Gasteiger partial charge >= 0.3 is 0 Å². The van der Waals surface area contributed by atoms with Gasteiger partial charge in [0.15, 0.2) is 0 Å². The van der Waals surface area contributed by atoms with Crippen molar-refractivity contribution in [3.8, 4) is 0 Å². The predicted octanol–water partition coefficient (Wildman–Crippen LogP) is 4.57. The van der Waals surface area contributed by atoms with Crippen LogP contribution in [0.5, 0.6) is 0 Å². The molecule has 1 fully saturated rings. The molecule has 0 aliphatic carbocycles. The molecule has 1 amide bonds. The topological polar surface area (TPSA) is 41.6 Å². The SMILES string of the molecule is O=C(COC(c1ccccc1)c1ccccc1)NC1CCN(Cc2ccccc2)CC1. The summed E-state index contributed by atoms with van der Waals surface area (Å²) in [5.74, 6) is -0.0432. The molecule has 0 saturated carbocycles. The Kier molecular flexibility index (Phi) is 7.48. The standard InChI is InChI=1S/C27H30N2O2/c30-26(28-25-16-18-29(19-17-25)20-22-10-4-1-5-11-22)21-31-27(23-12-6-2-7-13-23)24-14-8-3-9-15-24/h1-15,25,27H,16-21H2,(H,28,30). The highest BCUT2D eigenvalue weighted by Gasteiger charge is 2.22. The third-order valence-electron chi connectivity index (χ3n) is 5.79. The first kappa shape index (κ1) is 21.3. The minimum atomic E-state index is -0.249. The Balaban J connectivity index is 1.26. The number of carbonyl (C=O) groups excluding carboxylic acids is 1. The van der Waals surface area contributed by atoms with Gasteiger partial charge in [0.25, 0.3) is 0 Å². The molecule has 1 aliphatic rings. The van der Waals surface area contributed by atoms with Crippen LogP contribution in [0.4, 0.5) is 0 Å². The van der Waals surface area contributed by atoms with Gasteiger partial charge in [-0.3, -0.25) is 9.69 Å². The first-order valence-electron chi connectivity index (χ1n) is 11.0. The third kappa shape index (κ3) is 6.27. The molecule has 1 N–H and O–H groups in total. The number of hydrogen-bond donors (Lipinski definition) is 1. The zero-order valence-corrected chi connectivity index (χ0v) is 17.8. The molecule has 4 nitrogen and oxygen atoms in total. The number of ether oxygens (including phenoxy) is 1. The molecule has 160 valence electrons. The fourth-order valence-electron chi connectivity index (χ4n) is 4.15. The van der Waals surface area contributed by atoms with Gasteiger partial charge in [-0.05, 0) is 29.5 Å². The zero-order valence-electron chi connectivity index (χ0n) is 17.8. The molecule has 0 bridgehead atoms. The predicted molar refractivity (Wildman–Crippen MR) is 124 cm³/mol. The van der Waals surface area contributed by atoms with Gasteiger partial charge in [0.2, 0.25) is 5.91 Å². The molecule has 31 heavy (non-hydrogen) atoms. The Hall–Kier alpha value is -2.95. The molecule has 1 saturated heterocycles. The Morgan fingerprint density at radius 1 is 0.839 bits per heavy atom. The fourth-order valence-corrected chi connectivity index (χ4v) is 4.15. The van der Waals surface area contributed by atoms with Crippen LogP contribution in [-0.4, -0.2) is 36.5 Å². The first-order chi connectivity index (χ1) is 15.3. The Labute approximate surface area is 184 Å². The van der Waals surface area contributed by atoms with Crippen molar-refractivity contribution in [1.29, 1.82) is 0 Å². The van der Waals surface area contributed by atoms with E-state index in [0.29, 0.717) is 0 Å². The molecule has 0 unspecified atom stereocenters. The average Bonchev–Trinajstić information content (AvgIpc) is 2.83. The van der Waals surface area contributed by atoms with E-state index in [4.69, 9.17) is 4.74 Å². The average molecular weight is 415 g/mol. The van der Waals surface area contributed by atoms with Gasteiger partial charge in [-0.1, -0.05) is 91.0 Å². The van der Waals surface area contributed by atoms with Crippen molar-refractivity contribution in [3.63, 3.8) is 0 Å². The highest BCUT2D eigenvalue weighted by atomic mass is 16.5. The monoisotopic (exact) mass is 414 g/mol. The van der Waals surface area contributed by atoms with Gasteiger partial charge in [-0.2, -0.15) is 0 Å². The molecule has 3 aromatic rings. The lowest BCUT2D eigenvalue weighted by Crippen LogP contribution is -2.45. The smallest absolute Gasteiger partial charge is 0.246 e. The van der Waals surface area contributed by atoms with Gasteiger partial charge in [-0.25, -0.2) is 0 Å². The van der Waals surface area contributed by atoms with E-state index in [-0.39, 0.29) is 24.7 Å². The number of nitrogens with zero attached hydrogens (tertiary/aromatic N) is 1. The third-order valence-corrected chi connectivity index (χ3v) is 5.79.